The lowest BCUT2D eigenvalue weighted by Gasteiger charge is -2.42. The van der Waals surface area contributed by atoms with Gasteiger partial charge in [-0.1, -0.05) is 27.7 Å². The quantitative estimate of drug-likeness (QED) is 0.542. The van der Waals surface area contributed by atoms with Crippen LogP contribution >= 0.6 is 27.7 Å². The number of benzene rings is 1. The molecule has 9 heteroatoms. The molecule has 5 unspecified atom stereocenters. The highest BCUT2D eigenvalue weighted by atomic mass is 79.9. The molecule has 1 aliphatic heterocycles. The first-order valence-corrected chi connectivity index (χ1v) is 9.01. The number of halogens is 1. The Labute approximate surface area is 153 Å². The van der Waals surface area contributed by atoms with Crippen molar-refractivity contribution in [2.45, 2.75) is 34.7 Å². The minimum absolute atomic E-state index is 0.224. The Morgan fingerprint density at radius 3 is 2.83 bits per heavy atom. The van der Waals surface area contributed by atoms with E-state index in [4.69, 9.17) is 15.2 Å². The molecule has 1 amide bonds. The first kappa shape index (κ1) is 19.6. The Hall–Kier alpha value is -0.680. The third-order valence-corrected chi connectivity index (χ3v) is 5.54. The predicted octanol–water partition coefficient (Wildman–Crippen LogP) is 0.321. The summed E-state index contributed by atoms with van der Waals surface area (Å²) in [5.41, 5.74) is 5.94. The molecular formula is C15H21BrN2O5S. The maximum Gasteiger partial charge on any atom is 0.252 e. The number of methoxy groups -OCH3 is 1. The monoisotopic (exact) mass is 420 g/mol. The van der Waals surface area contributed by atoms with Crippen molar-refractivity contribution in [1.82, 2.24) is 5.32 Å². The van der Waals surface area contributed by atoms with Crippen LogP contribution in [0.15, 0.2) is 27.6 Å². The van der Waals surface area contributed by atoms with Gasteiger partial charge in [-0.2, -0.15) is 0 Å². The summed E-state index contributed by atoms with van der Waals surface area (Å²) < 4.78 is 11.9. The fraction of sp³-hybridized carbons (Fsp3) is 0.533. The molecule has 134 valence electrons. The standard InChI is InChI=1S/C15H21BrN2O5S/c1-18-14(21)8-4-3-7(16)5-10(8)24-15-13(22-2)11(17)12(20)9(6-19)23-15/h3-5,9,11-13,15,19-20H,6,17H2,1-2H3,(H,18,21). The summed E-state index contributed by atoms with van der Waals surface area (Å²) in [6.45, 7) is -0.358. The van der Waals surface area contributed by atoms with Gasteiger partial charge >= 0.3 is 0 Å². The van der Waals surface area contributed by atoms with Gasteiger partial charge in [-0.05, 0) is 18.2 Å². The molecule has 0 radical (unpaired) electrons. The molecule has 0 saturated carbocycles. The van der Waals surface area contributed by atoms with E-state index in [9.17, 15) is 15.0 Å². The van der Waals surface area contributed by atoms with Gasteiger partial charge < -0.3 is 30.7 Å². The summed E-state index contributed by atoms with van der Waals surface area (Å²) in [4.78, 5) is 12.7. The second-order valence-corrected chi connectivity index (χ2v) is 7.39. The largest absolute Gasteiger partial charge is 0.394 e. The van der Waals surface area contributed by atoms with Crippen molar-refractivity contribution in [2.75, 3.05) is 20.8 Å². The van der Waals surface area contributed by atoms with Gasteiger partial charge in [0.25, 0.3) is 5.91 Å². The molecule has 0 spiro atoms. The summed E-state index contributed by atoms with van der Waals surface area (Å²) >= 11 is 4.66. The van der Waals surface area contributed by atoms with Crippen LogP contribution in [0.25, 0.3) is 0 Å². The van der Waals surface area contributed by atoms with Crippen molar-refractivity contribution < 1.29 is 24.5 Å². The van der Waals surface area contributed by atoms with Crippen molar-refractivity contribution >= 4 is 33.6 Å². The van der Waals surface area contributed by atoms with Gasteiger partial charge in [-0.25, -0.2) is 0 Å². The van der Waals surface area contributed by atoms with Crippen LogP contribution in [0.5, 0.6) is 0 Å². The zero-order chi connectivity index (χ0) is 17.9. The molecule has 24 heavy (non-hydrogen) atoms. The van der Waals surface area contributed by atoms with Crippen LogP contribution in [0.4, 0.5) is 0 Å². The molecule has 5 N–H and O–H groups in total. The molecule has 0 aliphatic carbocycles. The number of nitrogens with one attached hydrogen (secondary N) is 1. The van der Waals surface area contributed by atoms with E-state index in [1.54, 1.807) is 25.2 Å². The lowest BCUT2D eigenvalue weighted by Crippen LogP contribution is -2.61. The molecule has 1 saturated heterocycles. The van der Waals surface area contributed by atoms with Crippen molar-refractivity contribution in [3.8, 4) is 0 Å². The summed E-state index contributed by atoms with van der Waals surface area (Å²) in [5, 5.41) is 22.1. The number of aliphatic hydroxyl groups excluding tert-OH is 2. The van der Waals surface area contributed by atoms with E-state index in [2.05, 4.69) is 21.2 Å². The highest BCUT2D eigenvalue weighted by Gasteiger charge is 2.44. The zero-order valence-electron chi connectivity index (χ0n) is 13.3. The molecule has 1 heterocycles. The van der Waals surface area contributed by atoms with E-state index < -0.39 is 29.8 Å². The van der Waals surface area contributed by atoms with Crippen molar-refractivity contribution in [2.24, 2.45) is 5.73 Å². The van der Waals surface area contributed by atoms with Crippen LogP contribution in [0.2, 0.25) is 0 Å². The van der Waals surface area contributed by atoms with Gasteiger partial charge in [0.2, 0.25) is 0 Å². The van der Waals surface area contributed by atoms with Gasteiger partial charge in [-0.3, -0.25) is 4.79 Å². The number of carbonyl (C=O) groups is 1. The fourth-order valence-electron chi connectivity index (χ4n) is 2.51. The minimum atomic E-state index is -1.03. The lowest BCUT2D eigenvalue weighted by atomic mass is 9.98. The molecule has 0 bridgehead atoms. The van der Waals surface area contributed by atoms with Gasteiger partial charge in [0, 0.05) is 23.5 Å². The van der Waals surface area contributed by atoms with Crippen LogP contribution in [0.1, 0.15) is 10.4 Å². The molecule has 2 rings (SSSR count). The molecule has 7 nitrogen and oxygen atoms in total. The van der Waals surface area contributed by atoms with Crippen LogP contribution in [0, 0.1) is 0 Å². The van der Waals surface area contributed by atoms with Crippen LogP contribution in [-0.4, -0.2) is 66.7 Å². The van der Waals surface area contributed by atoms with Gasteiger partial charge in [0.15, 0.2) is 0 Å². The minimum Gasteiger partial charge on any atom is -0.394 e. The average molecular weight is 421 g/mol. The van der Waals surface area contributed by atoms with E-state index in [1.807, 2.05) is 0 Å². The van der Waals surface area contributed by atoms with Crippen molar-refractivity contribution in [3.63, 3.8) is 0 Å². The lowest BCUT2D eigenvalue weighted by molar-refractivity contribution is -0.167. The third-order valence-electron chi connectivity index (χ3n) is 3.84. The van der Waals surface area contributed by atoms with Crippen LogP contribution in [-0.2, 0) is 9.47 Å². The summed E-state index contributed by atoms with van der Waals surface area (Å²) in [6.07, 6.45) is -2.43. The number of nitrogens with two attached hydrogens (primary N) is 1. The fourth-order valence-corrected chi connectivity index (χ4v) is 4.38. The Balaban J connectivity index is 2.31. The molecule has 1 aromatic rings. The van der Waals surface area contributed by atoms with Gasteiger partial charge in [-0.15, -0.1) is 0 Å². The maximum atomic E-state index is 12.1. The maximum absolute atomic E-state index is 12.1. The Kier molecular flexibility index (Phi) is 7.05. The highest BCUT2D eigenvalue weighted by molar-refractivity contribution is 9.10. The van der Waals surface area contributed by atoms with Crippen LogP contribution in [0.3, 0.4) is 0 Å². The first-order chi connectivity index (χ1) is 11.4. The molecule has 1 aliphatic rings. The Bertz CT molecular complexity index is 591. The van der Waals surface area contributed by atoms with E-state index in [1.165, 1.54) is 18.9 Å². The zero-order valence-corrected chi connectivity index (χ0v) is 15.7. The topological polar surface area (TPSA) is 114 Å². The van der Waals surface area contributed by atoms with Gasteiger partial charge in [0.05, 0.1) is 18.2 Å². The Morgan fingerprint density at radius 1 is 1.54 bits per heavy atom. The van der Waals surface area contributed by atoms with Crippen LogP contribution < -0.4 is 11.1 Å². The summed E-state index contributed by atoms with van der Waals surface area (Å²) in [5.74, 6) is -0.224. The summed E-state index contributed by atoms with van der Waals surface area (Å²) in [7, 11) is 3.04. The Morgan fingerprint density at radius 2 is 2.25 bits per heavy atom. The second-order valence-electron chi connectivity index (χ2n) is 5.33. The highest BCUT2D eigenvalue weighted by Crippen LogP contribution is 2.36. The number of amides is 1. The van der Waals surface area contributed by atoms with E-state index in [-0.39, 0.29) is 12.5 Å². The SMILES string of the molecule is CNC(=O)c1ccc(Br)cc1SC1OC(CO)C(O)C(N)C1OC. The third kappa shape index (κ3) is 4.10. The molecule has 1 fully saturated rings. The van der Waals surface area contributed by atoms with E-state index in [0.29, 0.717) is 10.5 Å². The number of hydrogen-bond acceptors (Lipinski definition) is 7. The molecule has 0 aromatic heterocycles. The van der Waals surface area contributed by atoms with Gasteiger partial charge in [0.1, 0.15) is 23.7 Å². The number of hydrogen-bond donors (Lipinski definition) is 4. The molecule has 5 atom stereocenters. The van der Waals surface area contributed by atoms with Crippen molar-refractivity contribution in [3.05, 3.63) is 28.2 Å². The van der Waals surface area contributed by atoms with E-state index in [0.717, 1.165) is 4.47 Å². The molecule has 1 aromatic carbocycles. The molecular weight excluding hydrogens is 400 g/mol. The second kappa shape index (κ2) is 8.61. The smallest absolute Gasteiger partial charge is 0.252 e. The predicted molar refractivity (Wildman–Crippen MR) is 93.9 cm³/mol. The van der Waals surface area contributed by atoms with E-state index >= 15 is 0 Å². The number of rotatable bonds is 5. The van der Waals surface area contributed by atoms with Crippen molar-refractivity contribution in [1.29, 1.82) is 0 Å². The first-order valence-electron chi connectivity index (χ1n) is 7.34. The number of aliphatic hydroxyl groups is 2. The number of ether oxygens (including phenoxy) is 2. The average Bonchev–Trinajstić information content (AvgIpc) is 2.57. The number of carbonyl (C=O) groups excluding carboxylic acids is 1. The summed E-state index contributed by atoms with van der Waals surface area (Å²) in [6, 6.07) is 4.56. The normalized spacial score (nSPS) is 30.2. The number of thioether (sulfide) groups is 1.